The predicted molar refractivity (Wildman–Crippen MR) is 109 cm³/mol. The van der Waals surface area contributed by atoms with E-state index in [9.17, 15) is 9.90 Å². The van der Waals surface area contributed by atoms with Crippen molar-refractivity contribution in [2.24, 2.45) is 0 Å². The first-order chi connectivity index (χ1) is 13.6. The maximum absolute atomic E-state index is 12.9. The van der Waals surface area contributed by atoms with Crippen molar-refractivity contribution in [3.8, 4) is 5.75 Å². The van der Waals surface area contributed by atoms with Gasteiger partial charge in [0.2, 0.25) is 0 Å². The van der Waals surface area contributed by atoms with E-state index in [-0.39, 0.29) is 12.3 Å². The fourth-order valence-corrected chi connectivity index (χ4v) is 3.71. The second kappa shape index (κ2) is 7.56. The van der Waals surface area contributed by atoms with Crippen LogP contribution in [-0.2, 0) is 11.3 Å². The molecule has 2 heterocycles. The molecule has 142 valence electrons. The zero-order chi connectivity index (χ0) is 19.7. The van der Waals surface area contributed by atoms with E-state index in [2.05, 4.69) is 15.9 Å². The molecule has 1 aliphatic heterocycles. The van der Waals surface area contributed by atoms with Crippen molar-refractivity contribution in [1.29, 1.82) is 0 Å². The Bertz CT molecular complexity index is 1010. The normalized spacial score (nSPS) is 16.7. The Balaban J connectivity index is 1.80. The third-order valence-electron chi connectivity index (χ3n) is 4.80. The van der Waals surface area contributed by atoms with Gasteiger partial charge in [0, 0.05) is 10.0 Å². The Kier molecular flexibility index (Phi) is 4.96. The molecule has 3 aromatic rings. The van der Waals surface area contributed by atoms with E-state index < -0.39 is 11.9 Å². The number of carbonyl (C=O) groups excluding carboxylic acids is 1. The molecule has 0 radical (unpaired) electrons. The van der Waals surface area contributed by atoms with Crippen LogP contribution in [0.5, 0.6) is 5.75 Å². The number of aliphatic hydroxyl groups excluding tert-OH is 1. The zero-order valence-electron chi connectivity index (χ0n) is 15.1. The Morgan fingerprint density at radius 1 is 1.11 bits per heavy atom. The minimum Gasteiger partial charge on any atom is -0.503 e. The second-order valence-corrected chi connectivity index (χ2v) is 7.37. The van der Waals surface area contributed by atoms with Crippen LogP contribution in [0.15, 0.2) is 81.6 Å². The van der Waals surface area contributed by atoms with Crippen molar-refractivity contribution < 1.29 is 19.1 Å². The number of hydrogen-bond acceptors (Lipinski definition) is 4. The lowest BCUT2D eigenvalue weighted by molar-refractivity contribution is -0.130. The molecule has 28 heavy (non-hydrogen) atoms. The lowest BCUT2D eigenvalue weighted by atomic mass is 9.93. The highest BCUT2D eigenvalue weighted by Gasteiger charge is 2.41. The Morgan fingerprint density at radius 3 is 2.43 bits per heavy atom. The molecule has 4 rings (SSSR count). The van der Waals surface area contributed by atoms with Gasteiger partial charge in [-0.2, -0.15) is 0 Å². The molecular formula is C22H18BrNO4. The second-order valence-electron chi connectivity index (χ2n) is 6.46. The molecule has 0 saturated heterocycles. The van der Waals surface area contributed by atoms with Gasteiger partial charge < -0.3 is 19.2 Å². The van der Waals surface area contributed by atoms with E-state index in [0.717, 1.165) is 15.6 Å². The minimum atomic E-state index is -0.431. The molecule has 1 amide bonds. The number of ether oxygens (including phenoxy) is 1. The quantitative estimate of drug-likeness (QED) is 0.600. The predicted octanol–water partition coefficient (Wildman–Crippen LogP) is 5.10. The van der Waals surface area contributed by atoms with Gasteiger partial charge in [0.1, 0.15) is 11.5 Å². The highest BCUT2D eigenvalue weighted by molar-refractivity contribution is 9.10. The summed E-state index contributed by atoms with van der Waals surface area (Å²) in [6.07, 6.45) is 1.57. The molecule has 1 aromatic heterocycles. The van der Waals surface area contributed by atoms with Crippen molar-refractivity contribution in [1.82, 2.24) is 4.90 Å². The smallest absolute Gasteiger partial charge is 0.290 e. The zero-order valence-corrected chi connectivity index (χ0v) is 16.7. The number of hydrogen-bond donors (Lipinski definition) is 1. The maximum Gasteiger partial charge on any atom is 0.290 e. The average molecular weight is 440 g/mol. The van der Waals surface area contributed by atoms with E-state index in [1.54, 1.807) is 24.3 Å². The first-order valence-electron chi connectivity index (χ1n) is 8.75. The topological polar surface area (TPSA) is 62.9 Å². The van der Waals surface area contributed by atoms with Crippen LogP contribution in [0.25, 0.3) is 5.57 Å². The standard InChI is InChI=1S/C22H18BrNO4/c1-27-17-10-6-14(7-11-17)19-20(15-4-8-16(23)9-5-15)24(22(26)21(19)25)13-18-3-2-12-28-18/h2-12,20,25H,13H2,1H3/t20-/m1/s1. The summed E-state index contributed by atoms with van der Waals surface area (Å²) >= 11 is 3.45. The number of rotatable bonds is 5. The largest absolute Gasteiger partial charge is 0.503 e. The molecule has 1 atom stereocenters. The van der Waals surface area contributed by atoms with Gasteiger partial charge in [-0.25, -0.2) is 0 Å². The monoisotopic (exact) mass is 439 g/mol. The molecule has 0 spiro atoms. The van der Waals surface area contributed by atoms with Crippen molar-refractivity contribution in [3.63, 3.8) is 0 Å². The van der Waals surface area contributed by atoms with Gasteiger partial charge in [0.15, 0.2) is 5.76 Å². The molecule has 0 bridgehead atoms. The van der Waals surface area contributed by atoms with Crippen LogP contribution in [0.4, 0.5) is 0 Å². The van der Waals surface area contributed by atoms with Crippen LogP contribution in [0, 0.1) is 0 Å². The first kappa shape index (κ1) is 18.4. The van der Waals surface area contributed by atoms with Gasteiger partial charge in [-0.05, 0) is 47.5 Å². The summed E-state index contributed by atoms with van der Waals surface area (Å²) in [4.78, 5) is 14.6. The molecule has 0 saturated carbocycles. The summed E-state index contributed by atoms with van der Waals surface area (Å²) < 4.78 is 11.6. The number of benzene rings is 2. The van der Waals surface area contributed by atoms with E-state index in [1.807, 2.05) is 54.6 Å². The van der Waals surface area contributed by atoms with Crippen LogP contribution >= 0.6 is 15.9 Å². The van der Waals surface area contributed by atoms with E-state index in [0.29, 0.717) is 17.1 Å². The van der Waals surface area contributed by atoms with Gasteiger partial charge in [0.05, 0.1) is 26.0 Å². The number of furan rings is 1. The van der Waals surface area contributed by atoms with Gasteiger partial charge in [-0.1, -0.05) is 40.2 Å². The van der Waals surface area contributed by atoms with E-state index in [4.69, 9.17) is 9.15 Å². The first-order valence-corrected chi connectivity index (χ1v) is 9.54. The van der Waals surface area contributed by atoms with Crippen LogP contribution in [0.2, 0.25) is 0 Å². The van der Waals surface area contributed by atoms with Crippen molar-refractivity contribution in [3.05, 3.63) is 94.0 Å². The molecule has 0 unspecified atom stereocenters. The molecule has 0 aliphatic carbocycles. The van der Waals surface area contributed by atoms with E-state index in [1.165, 1.54) is 0 Å². The Labute approximate surface area is 171 Å². The van der Waals surface area contributed by atoms with Crippen LogP contribution in [-0.4, -0.2) is 23.0 Å². The third kappa shape index (κ3) is 3.31. The highest BCUT2D eigenvalue weighted by atomic mass is 79.9. The van der Waals surface area contributed by atoms with Crippen molar-refractivity contribution in [2.45, 2.75) is 12.6 Å². The molecule has 6 heteroatoms. The lowest BCUT2D eigenvalue weighted by Gasteiger charge is -2.26. The molecule has 5 nitrogen and oxygen atoms in total. The maximum atomic E-state index is 12.9. The number of amides is 1. The number of halogens is 1. The van der Waals surface area contributed by atoms with Gasteiger partial charge in [0.25, 0.3) is 5.91 Å². The number of methoxy groups -OCH3 is 1. The number of carbonyl (C=O) groups is 1. The van der Waals surface area contributed by atoms with Crippen LogP contribution in [0.3, 0.4) is 0 Å². The summed E-state index contributed by atoms with van der Waals surface area (Å²) in [5.41, 5.74) is 2.24. The van der Waals surface area contributed by atoms with Crippen molar-refractivity contribution >= 4 is 27.4 Å². The Morgan fingerprint density at radius 2 is 1.82 bits per heavy atom. The highest BCUT2D eigenvalue weighted by Crippen LogP contribution is 2.44. The molecular weight excluding hydrogens is 422 g/mol. The van der Waals surface area contributed by atoms with E-state index >= 15 is 0 Å². The fraction of sp³-hybridized carbons (Fsp3) is 0.136. The number of nitrogens with zero attached hydrogens (tertiary/aromatic N) is 1. The van der Waals surface area contributed by atoms with Gasteiger partial charge in [-0.15, -0.1) is 0 Å². The summed E-state index contributed by atoms with van der Waals surface area (Å²) in [6, 6.07) is 18.2. The summed E-state index contributed by atoms with van der Waals surface area (Å²) in [5, 5.41) is 10.7. The molecule has 1 aliphatic rings. The van der Waals surface area contributed by atoms with Gasteiger partial charge >= 0.3 is 0 Å². The van der Waals surface area contributed by atoms with Crippen LogP contribution < -0.4 is 4.74 Å². The summed E-state index contributed by atoms with van der Waals surface area (Å²) in [7, 11) is 1.60. The lowest BCUT2D eigenvalue weighted by Crippen LogP contribution is -2.29. The molecule has 2 aromatic carbocycles. The van der Waals surface area contributed by atoms with Gasteiger partial charge in [-0.3, -0.25) is 4.79 Å². The molecule has 0 fully saturated rings. The minimum absolute atomic E-state index is 0.246. The Hall–Kier alpha value is -2.99. The number of aliphatic hydroxyl groups is 1. The third-order valence-corrected chi connectivity index (χ3v) is 5.33. The fourth-order valence-electron chi connectivity index (χ4n) is 3.44. The SMILES string of the molecule is COc1ccc(C2=C(O)C(=O)N(Cc3ccco3)[C@@H]2c2ccc(Br)cc2)cc1. The average Bonchev–Trinajstić information content (AvgIpc) is 3.31. The van der Waals surface area contributed by atoms with Crippen molar-refractivity contribution in [2.75, 3.05) is 7.11 Å². The van der Waals surface area contributed by atoms with Crippen LogP contribution in [0.1, 0.15) is 22.9 Å². The summed E-state index contributed by atoms with van der Waals surface area (Å²) in [6.45, 7) is 0.260. The molecule has 1 N–H and O–H groups in total. The summed E-state index contributed by atoms with van der Waals surface area (Å²) in [5.74, 6) is 0.694.